The zero-order valence-electron chi connectivity index (χ0n) is 8.58. The normalized spacial score (nSPS) is 10.2. The van der Waals surface area contributed by atoms with Crippen molar-refractivity contribution in [3.63, 3.8) is 0 Å². The SMILES string of the molecule is CN(C)CCC(=O)Nc1c[c]ccc1. The monoisotopic (exact) mass is 191 g/mol. The highest BCUT2D eigenvalue weighted by atomic mass is 16.1. The molecule has 0 aliphatic carbocycles. The van der Waals surface area contributed by atoms with E-state index >= 15 is 0 Å². The Morgan fingerprint density at radius 1 is 1.57 bits per heavy atom. The van der Waals surface area contributed by atoms with Gasteiger partial charge in [0.2, 0.25) is 5.91 Å². The summed E-state index contributed by atoms with van der Waals surface area (Å²) in [7, 11) is 3.90. The Labute approximate surface area is 84.7 Å². The summed E-state index contributed by atoms with van der Waals surface area (Å²) < 4.78 is 0. The number of amides is 1. The maximum atomic E-state index is 11.4. The van der Waals surface area contributed by atoms with Gasteiger partial charge in [-0.2, -0.15) is 0 Å². The first kappa shape index (κ1) is 10.7. The van der Waals surface area contributed by atoms with E-state index in [9.17, 15) is 4.79 Å². The molecule has 1 rings (SSSR count). The first-order chi connectivity index (χ1) is 6.68. The van der Waals surface area contributed by atoms with Crippen molar-refractivity contribution >= 4 is 11.6 Å². The standard InChI is InChI=1S/C11H15N2O/c1-13(2)9-8-11(14)12-10-6-4-3-5-7-10/h3-4,6-7H,8-9H2,1-2H3,(H,12,14). The number of carbonyl (C=O) groups excluding carboxylic acids is 1. The zero-order chi connectivity index (χ0) is 10.4. The predicted octanol–water partition coefficient (Wildman–Crippen LogP) is 1.38. The number of hydrogen-bond acceptors (Lipinski definition) is 2. The molecule has 0 saturated heterocycles. The molecule has 3 nitrogen and oxygen atoms in total. The van der Waals surface area contributed by atoms with E-state index < -0.39 is 0 Å². The van der Waals surface area contributed by atoms with E-state index in [0.29, 0.717) is 6.42 Å². The minimum atomic E-state index is 0.0401. The molecule has 0 bridgehead atoms. The van der Waals surface area contributed by atoms with Crippen LogP contribution in [0.2, 0.25) is 0 Å². The second-order valence-electron chi connectivity index (χ2n) is 3.39. The second-order valence-corrected chi connectivity index (χ2v) is 3.39. The van der Waals surface area contributed by atoms with Crippen molar-refractivity contribution in [1.29, 1.82) is 0 Å². The van der Waals surface area contributed by atoms with Crippen LogP contribution >= 0.6 is 0 Å². The molecule has 1 N–H and O–H groups in total. The molecular formula is C11H15N2O. The quantitative estimate of drug-likeness (QED) is 0.779. The summed E-state index contributed by atoms with van der Waals surface area (Å²) in [6.07, 6.45) is 0.516. The number of hydrogen-bond donors (Lipinski definition) is 1. The lowest BCUT2D eigenvalue weighted by Gasteiger charge is -2.09. The maximum absolute atomic E-state index is 11.4. The van der Waals surface area contributed by atoms with E-state index in [4.69, 9.17) is 0 Å². The van der Waals surface area contributed by atoms with Gasteiger partial charge in [-0.05, 0) is 32.3 Å². The van der Waals surface area contributed by atoms with Gasteiger partial charge in [0.05, 0.1) is 0 Å². The van der Waals surface area contributed by atoms with Crippen LogP contribution in [0.25, 0.3) is 0 Å². The van der Waals surface area contributed by atoms with Gasteiger partial charge < -0.3 is 10.2 Å². The summed E-state index contributed by atoms with van der Waals surface area (Å²) in [5.41, 5.74) is 0.802. The summed E-state index contributed by atoms with van der Waals surface area (Å²) in [5.74, 6) is 0.0401. The van der Waals surface area contributed by atoms with Gasteiger partial charge in [-0.3, -0.25) is 4.79 Å². The molecule has 0 fully saturated rings. The Morgan fingerprint density at radius 2 is 2.36 bits per heavy atom. The van der Waals surface area contributed by atoms with Crippen LogP contribution in [0.1, 0.15) is 6.42 Å². The van der Waals surface area contributed by atoms with Crippen molar-refractivity contribution in [2.75, 3.05) is 26.0 Å². The van der Waals surface area contributed by atoms with E-state index in [1.807, 2.05) is 31.1 Å². The van der Waals surface area contributed by atoms with E-state index in [2.05, 4.69) is 11.4 Å². The fraction of sp³-hybridized carbons (Fsp3) is 0.364. The number of benzene rings is 1. The lowest BCUT2D eigenvalue weighted by molar-refractivity contribution is -0.116. The van der Waals surface area contributed by atoms with Crippen molar-refractivity contribution in [2.24, 2.45) is 0 Å². The van der Waals surface area contributed by atoms with E-state index in [1.54, 1.807) is 12.1 Å². The predicted molar refractivity (Wildman–Crippen MR) is 57.1 cm³/mol. The van der Waals surface area contributed by atoms with Gasteiger partial charge in [0, 0.05) is 18.7 Å². The molecule has 0 atom stereocenters. The van der Waals surface area contributed by atoms with Crippen molar-refractivity contribution in [3.8, 4) is 0 Å². The molecule has 3 heteroatoms. The first-order valence-electron chi connectivity index (χ1n) is 4.59. The van der Waals surface area contributed by atoms with Gasteiger partial charge in [0.25, 0.3) is 0 Å². The highest BCUT2D eigenvalue weighted by Crippen LogP contribution is 2.04. The Bertz CT molecular complexity index is 283. The van der Waals surface area contributed by atoms with Gasteiger partial charge in [-0.1, -0.05) is 12.1 Å². The van der Waals surface area contributed by atoms with E-state index in [1.165, 1.54) is 0 Å². The largest absolute Gasteiger partial charge is 0.326 e. The molecular weight excluding hydrogens is 176 g/mol. The van der Waals surface area contributed by atoms with Gasteiger partial charge in [-0.15, -0.1) is 0 Å². The van der Waals surface area contributed by atoms with Crippen LogP contribution in [0.3, 0.4) is 0 Å². The highest BCUT2D eigenvalue weighted by Gasteiger charge is 2.01. The number of rotatable bonds is 4. The maximum Gasteiger partial charge on any atom is 0.225 e. The molecule has 1 aromatic carbocycles. The van der Waals surface area contributed by atoms with Gasteiger partial charge >= 0.3 is 0 Å². The first-order valence-corrected chi connectivity index (χ1v) is 4.59. The van der Waals surface area contributed by atoms with Crippen molar-refractivity contribution in [2.45, 2.75) is 6.42 Å². The topological polar surface area (TPSA) is 32.3 Å². The van der Waals surface area contributed by atoms with Gasteiger partial charge in [0.15, 0.2) is 0 Å². The fourth-order valence-electron chi connectivity index (χ4n) is 1.02. The van der Waals surface area contributed by atoms with Crippen LogP contribution in [0.15, 0.2) is 24.3 Å². The summed E-state index contributed by atoms with van der Waals surface area (Å²) >= 11 is 0. The van der Waals surface area contributed by atoms with Crippen LogP contribution in [0.4, 0.5) is 5.69 Å². The van der Waals surface area contributed by atoms with Crippen molar-refractivity contribution in [1.82, 2.24) is 4.90 Å². The third-order valence-electron chi connectivity index (χ3n) is 1.78. The molecule has 0 heterocycles. The average molecular weight is 191 g/mol. The second kappa shape index (κ2) is 5.40. The molecule has 75 valence electrons. The van der Waals surface area contributed by atoms with Crippen LogP contribution in [0, 0.1) is 6.07 Å². The molecule has 14 heavy (non-hydrogen) atoms. The number of nitrogens with one attached hydrogen (secondary N) is 1. The van der Waals surface area contributed by atoms with Gasteiger partial charge in [0.1, 0.15) is 0 Å². The molecule has 0 saturated carbocycles. The fourth-order valence-corrected chi connectivity index (χ4v) is 1.02. The molecule has 1 aromatic rings. The van der Waals surface area contributed by atoms with Crippen LogP contribution in [-0.4, -0.2) is 31.4 Å². The van der Waals surface area contributed by atoms with Crippen molar-refractivity contribution < 1.29 is 4.79 Å². The summed E-state index contributed by atoms with van der Waals surface area (Å²) in [4.78, 5) is 13.3. The van der Waals surface area contributed by atoms with Crippen LogP contribution < -0.4 is 5.32 Å². The smallest absolute Gasteiger partial charge is 0.225 e. The minimum Gasteiger partial charge on any atom is -0.326 e. The molecule has 0 aliphatic rings. The molecule has 0 unspecified atom stereocenters. The average Bonchev–Trinajstić information content (AvgIpc) is 2.16. The van der Waals surface area contributed by atoms with E-state index in [-0.39, 0.29) is 5.91 Å². The summed E-state index contributed by atoms with van der Waals surface area (Å²) in [6.45, 7) is 0.766. The Hall–Kier alpha value is -1.35. The lowest BCUT2D eigenvalue weighted by Crippen LogP contribution is -2.20. The third-order valence-corrected chi connectivity index (χ3v) is 1.78. The highest BCUT2D eigenvalue weighted by molar-refractivity contribution is 5.90. The summed E-state index contributed by atoms with van der Waals surface area (Å²) in [5, 5.41) is 2.80. The summed E-state index contributed by atoms with van der Waals surface area (Å²) in [6, 6.07) is 10.2. The minimum absolute atomic E-state index is 0.0401. The number of nitrogens with zero attached hydrogens (tertiary/aromatic N) is 1. The Morgan fingerprint density at radius 3 is 2.93 bits per heavy atom. The molecule has 1 radical (unpaired) electrons. The van der Waals surface area contributed by atoms with Gasteiger partial charge in [-0.25, -0.2) is 0 Å². The number of anilines is 1. The molecule has 1 amide bonds. The van der Waals surface area contributed by atoms with E-state index in [0.717, 1.165) is 12.2 Å². The number of carbonyl (C=O) groups is 1. The third kappa shape index (κ3) is 4.05. The lowest BCUT2D eigenvalue weighted by atomic mass is 10.3. The zero-order valence-corrected chi connectivity index (χ0v) is 8.58. The Balaban J connectivity index is 2.35. The van der Waals surface area contributed by atoms with Crippen LogP contribution in [-0.2, 0) is 4.79 Å². The molecule has 0 aromatic heterocycles. The van der Waals surface area contributed by atoms with Crippen LogP contribution in [0.5, 0.6) is 0 Å². The molecule has 0 spiro atoms. The molecule has 0 aliphatic heterocycles. The van der Waals surface area contributed by atoms with Crippen molar-refractivity contribution in [3.05, 3.63) is 30.3 Å². The Kier molecular flexibility index (Phi) is 4.13.